The lowest BCUT2D eigenvalue weighted by molar-refractivity contribution is -0.122. The molecule has 3 heterocycles. The van der Waals surface area contributed by atoms with Gasteiger partial charge in [-0.15, -0.1) is 0 Å². The van der Waals surface area contributed by atoms with Crippen LogP contribution >= 0.6 is 24.0 Å². The molecule has 1 amide bonds. The van der Waals surface area contributed by atoms with Crippen LogP contribution in [0.1, 0.15) is 47.9 Å². The Bertz CT molecular complexity index is 1270. The number of thiocarbonyl (C=S) groups is 1. The Labute approximate surface area is 207 Å². The Morgan fingerprint density at radius 3 is 2.41 bits per heavy atom. The summed E-state index contributed by atoms with van der Waals surface area (Å²) in [7, 11) is 1.68. The molecule has 0 saturated carbocycles. The maximum atomic E-state index is 13.3. The van der Waals surface area contributed by atoms with Crippen molar-refractivity contribution in [1.82, 2.24) is 9.47 Å². The summed E-state index contributed by atoms with van der Waals surface area (Å²) in [5, 5.41) is 9.65. The number of thioether (sulfide) groups is 1. The first-order valence-corrected chi connectivity index (χ1v) is 12.4. The lowest BCUT2D eigenvalue weighted by atomic mass is 10.0. The van der Waals surface area contributed by atoms with Crippen molar-refractivity contribution in [1.29, 1.82) is 5.26 Å². The van der Waals surface area contributed by atoms with Gasteiger partial charge in [0.2, 0.25) is 0 Å². The SMILES string of the molecule is Cc1c(/C=C2\SC(=S)N(Cc3ccc(F)cc3)C2=O)c(N2CCCCCC2)n(C)c(=O)c1C#N. The molecule has 0 unspecified atom stereocenters. The van der Waals surface area contributed by atoms with E-state index in [2.05, 4.69) is 4.90 Å². The highest BCUT2D eigenvalue weighted by Gasteiger charge is 2.33. The number of halogens is 1. The molecule has 2 aromatic rings. The normalized spacial score (nSPS) is 17.9. The average molecular weight is 497 g/mol. The minimum absolute atomic E-state index is 0.0779. The van der Waals surface area contributed by atoms with E-state index in [9.17, 15) is 19.2 Å². The summed E-state index contributed by atoms with van der Waals surface area (Å²) < 4.78 is 15.2. The number of benzene rings is 1. The molecule has 2 aliphatic rings. The number of carbonyl (C=O) groups excluding carboxylic acids is 1. The molecule has 176 valence electrons. The van der Waals surface area contributed by atoms with Gasteiger partial charge < -0.3 is 4.90 Å². The first kappa shape index (κ1) is 24.2. The Kier molecular flexibility index (Phi) is 7.19. The fraction of sp³-hybridized carbons (Fsp3) is 0.360. The number of hydrogen-bond acceptors (Lipinski definition) is 6. The quantitative estimate of drug-likeness (QED) is 0.459. The van der Waals surface area contributed by atoms with Crippen molar-refractivity contribution in [3.63, 3.8) is 0 Å². The second kappa shape index (κ2) is 10.1. The van der Waals surface area contributed by atoms with Crippen LogP contribution in [0.3, 0.4) is 0 Å². The number of amides is 1. The molecule has 2 saturated heterocycles. The van der Waals surface area contributed by atoms with Crippen molar-refractivity contribution < 1.29 is 9.18 Å². The van der Waals surface area contributed by atoms with E-state index >= 15 is 0 Å². The summed E-state index contributed by atoms with van der Waals surface area (Å²) in [6, 6.07) is 8.01. The summed E-state index contributed by atoms with van der Waals surface area (Å²) in [5.41, 5.74) is 1.78. The number of nitrogens with zero attached hydrogens (tertiary/aromatic N) is 4. The lowest BCUT2D eigenvalue weighted by Gasteiger charge is -2.28. The van der Waals surface area contributed by atoms with Gasteiger partial charge >= 0.3 is 0 Å². The number of aromatic nitrogens is 1. The summed E-state index contributed by atoms with van der Waals surface area (Å²) in [6.07, 6.45) is 6.08. The largest absolute Gasteiger partial charge is 0.357 e. The molecule has 34 heavy (non-hydrogen) atoms. The molecule has 6 nitrogen and oxygen atoms in total. The number of rotatable bonds is 4. The third-order valence-corrected chi connectivity index (χ3v) is 7.65. The van der Waals surface area contributed by atoms with Gasteiger partial charge in [0.15, 0.2) is 0 Å². The van der Waals surface area contributed by atoms with Crippen molar-refractivity contribution >= 4 is 46.1 Å². The van der Waals surface area contributed by atoms with Gasteiger partial charge in [-0.3, -0.25) is 19.1 Å². The number of carbonyl (C=O) groups is 1. The third-order valence-electron chi connectivity index (χ3n) is 6.28. The minimum Gasteiger partial charge on any atom is -0.357 e. The second-order valence-corrected chi connectivity index (χ2v) is 10.2. The molecular weight excluding hydrogens is 471 g/mol. The standard InChI is InChI=1S/C25H25FN4O2S2/c1-16-19(22(28(2)23(31)20(16)14-27)29-11-5-3-4-6-12-29)13-21-24(32)30(25(33)34-21)15-17-7-9-18(26)10-8-17/h7-10,13H,3-6,11-12,15H2,1-2H3/b21-13-. The highest BCUT2D eigenvalue weighted by molar-refractivity contribution is 8.26. The zero-order valence-corrected chi connectivity index (χ0v) is 20.8. The molecule has 2 aliphatic heterocycles. The van der Waals surface area contributed by atoms with Gasteiger partial charge in [-0.25, -0.2) is 4.39 Å². The van der Waals surface area contributed by atoms with Crippen LogP contribution in [0.25, 0.3) is 6.08 Å². The van der Waals surface area contributed by atoms with E-state index in [1.807, 2.05) is 6.07 Å². The molecule has 0 aliphatic carbocycles. The summed E-state index contributed by atoms with van der Waals surface area (Å²) in [5.74, 6) is 0.147. The molecule has 0 radical (unpaired) electrons. The van der Waals surface area contributed by atoms with E-state index in [1.165, 1.54) is 33.4 Å². The highest BCUT2D eigenvalue weighted by atomic mass is 32.2. The first-order valence-electron chi connectivity index (χ1n) is 11.2. The Hall–Kier alpha value is -2.96. The smallest absolute Gasteiger partial charge is 0.270 e. The van der Waals surface area contributed by atoms with Crippen LogP contribution in [0.15, 0.2) is 34.0 Å². The van der Waals surface area contributed by atoms with Crippen molar-refractivity contribution in [3.05, 3.63) is 67.6 Å². The molecule has 4 rings (SSSR count). The highest BCUT2D eigenvalue weighted by Crippen LogP contribution is 2.36. The Morgan fingerprint density at radius 1 is 1.15 bits per heavy atom. The second-order valence-electron chi connectivity index (χ2n) is 8.51. The summed E-state index contributed by atoms with van der Waals surface area (Å²) in [4.78, 5) is 30.3. The maximum absolute atomic E-state index is 13.3. The monoisotopic (exact) mass is 496 g/mol. The molecule has 2 fully saturated rings. The van der Waals surface area contributed by atoms with Crippen molar-refractivity contribution in [2.75, 3.05) is 18.0 Å². The topological polar surface area (TPSA) is 69.3 Å². The predicted molar refractivity (Wildman–Crippen MR) is 137 cm³/mol. The van der Waals surface area contributed by atoms with Crippen LogP contribution in [-0.4, -0.2) is 32.8 Å². The van der Waals surface area contributed by atoms with E-state index in [4.69, 9.17) is 12.2 Å². The molecule has 0 spiro atoms. The van der Waals surface area contributed by atoms with E-state index in [-0.39, 0.29) is 29.4 Å². The van der Waals surface area contributed by atoms with Gasteiger partial charge in [0, 0.05) is 25.7 Å². The van der Waals surface area contributed by atoms with Gasteiger partial charge in [-0.05, 0) is 49.1 Å². The first-order chi connectivity index (χ1) is 16.3. The van der Waals surface area contributed by atoms with Crippen LogP contribution in [0.4, 0.5) is 10.2 Å². The molecule has 0 bridgehead atoms. The van der Waals surface area contributed by atoms with Crippen LogP contribution < -0.4 is 10.5 Å². The van der Waals surface area contributed by atoms with E-state index in [0.717, 1.165) is 50.2 Å². The number of anilines is 1. The van der Waals surface area contributed by atoms with Crippen LogP contribution in [0.2, 0.25) is 0 Å². The van der Waals surface area contributed by atoms with E-state index in [0.29, 0.717) is 20.4 Å². The van der Waals surface area contributed by atoms with Crippen molar-refractivity contribution in [3.8, 4) is 6.07 Å². The van der Waals surface area contributed by atoms with Gasteiger partial charge in [-0.2, -0.15) is 5.26 Å². The summed E-state index contributed by atoms with van der Waals surface area (Å²) in [6.45, 7) is 3.62. The molecule has 1 aromatic heterocycles. The van der Waals surface area contributed by atoms with Crippen LogP contribution in [0.5, 0.6) is 0 Å². The van der Waals surface area contributed by atoms with Gasteiger partial charge in [0.05, 0.1) is 11.4 Å². The number of nitriles is 1. The number of hydrogen-bond donors (Lipinski definition) is 0. The fourth-order valence-corrected chi connectivity index (χ4v) is 5.65. The van der Waals surface area contributed by atoms with Crippen molar-refractivity contribution in [2.45, 2.75) is 39.2 Å². The number of pyridine rings is 1. The van der Waals surface area contributed by atoms with Crippen molar-refractivity contribution in [2.24, 2.45) is 7.05 Å². The van der Waals surface area contributed by atoms with Gasteiger partial charge in [0.25, 0.3) is 11.5 Å². The average Bonchev–Trinajstić information content (AvgIpc) is 3.00. The summed E-state index contributed by atoms with van der Waals surface area (Å²) >= 11 is 6.67. The lowest BCUT2D eigenvalue weighted by Crippen LogP contribution is -2.34. The fourth-order valence-electron chi connectivity index (χ4n) is 4.42. The molecule has 0 atom stereocenters. The van der Waals surface area contributed by atoms with Gasteiger partial charge in [-0.1, -0.05) is 49.0 Å². The Balaban J connectivity index is 1.77. The predicted octanol–water partition coefficient (Wildman–Crippen LogP) is 4.49. The van der Waals surface area contributed by atoms with E-state index < -0.39 is 0 Å². The maximum Gasteiger partial charge on any atom is 0.270 e. The Morgan fingerprint density at radius 2 is 1.79 bits per heavy atom. The minimum atomic E-state index is -0.339. The zero-order valence-electron chi connectivity index (χ0n) is 19.1. The molecular formula is C25H25FN4O2S2. The molecule has 0 N–H and O–H groups in total. The third kappa shape index (κ3) is 4.65. The van der Waals surface area contributed by atoms with Gasteiger partial charge in [0.1, 0.15) is 27.6 Å². The molecule has 9 heteroatoms. The van der Waals surface area contributed by atoms with Crippen LogP contribution in [-0.2, 0) is 18.4 Å². The molecule has 1 aromatic carbocycles. The van der Waals surface area contributed by atoms with E-state index in [1.54, 1.807) is 32.2 Å². The zero-order chi connectivity index (χ0) is 24.4. The van der Waals surface area contributed by atoms with Crippen LogP contribution in [0, 0.1) is 24.1 Å².